The standard InChI is InChI=1S/C30H32FN3O2S/c31-27-17-28(25(22-12-13-22)16-26(27)30(35)32-37-34-14-7-15-34)36-20-21-18-33(19-21)29(23-8-3-1-4-9-23)24-10-5-2-6-11-24/h1-6,8-11,16-17,21-22,29H,7,12-15,18-20H2,(H,32,35). The normalized spacial score (nSPS) is 18.3. The van der Waals surface area contributed by atoms with Gasteiger partial charge in [0.25, 0.3) is 5.91 Å². The molecule has 0 radical (unpaired) electrons. The fourth-order valence-electron chi connectivity index (χ4n) is 5.14. The maximum absolute atomic E-state index is 15.0. The number of halogens is 1. The fourth-order valence-corrected chi connectivity index (χ4v) is 5.90. The van der Waals surface area contributed by atoms with Crippen LogP contribution >= 0.6 is 12.1 Å². The summed E-state index contributed by atoms with van der Waals surface area (Å²) in [5, 5.41) is 0. The molecule has 1 N–H and O–H groups in total. The summed E-state index contributed by atoms with van der Waals surface area (Å²) in [6.45, 7) is 4.28. The summed E-state index contributed by atoms with van der Waals surface area (Å²) in [6, 6.07) is 24.6. The maximum Gasteiger partial charge on any atom is 0.265 e. The lowest BCUT2D eigenvalue weighted by Crippen LogP contribution is -2.51. The predicted octanol–water partition coefficient (Wildman–Crippen LogP) is 5.80. The Hall–Kier alpha value is -2.87. The zero-order valence-electron chi connectivity index (χ0n) is 20.8. The molecule has 3 aromatic rings. The highest BCUT2D eigenvalue weighted by molar-refractivity contribution is 7.95. The van der Waals surface area contributed by atoms with Crippen molar-refractivity contribution >= 4 is 18.0 Å². The van der Waals surface area contributed by atoms with Gasteiger partial charge in [0.2, 0.25) is 0 Å². The summed E-state index contributed by atoms with van der Waals surface area (Å²) in [6.07, 6.45) is 3.24. The molecule has 2 aliphatic heterocycles. The summed E-state index contributed by atoms with van der Waals surface area (Å²) in [5.41, 5.74) is 3.63. The first-order chi connectivity index (χ1) is 18.2. The lowest BCUT2D eigenvalue weighted by atomic mass is 9.90. The number of carbonyl (C=O) groups excluding carboxylic acids is 1. The molecule has 5 nitrogen and oxygen atoms in total. The second kappa shape index (κ2) is 10.9. The topological polar surface area (TPSA) is 44.8 Å². The van der Waals surface area contributed by atoms with Gasteiger partial charge in [0.05, 0.1) is 18.2 Å². The van der Waals surface area contributed by atoms with E-state index in [1.165, 1.54) is 29.3 Å². The molecule has 3 aromatic carbocycles. The summed E-state index contributed by atoms with van der Waals surface area (Å²) >= 11 is 1.26. The third-order valence-corrected chi connectivity index (χ3v) is 8.40. The van der Waals surface area contributed by atoms with Crippen molar-refractivity contribution < 1.29 is 13.9 Å². The van der Waals surface area contributed by atoms with Crippen molar-refractivity contribution in [3.63, 3.8) is 0 Å². The van der Waals surface area contributed by atoms with Crippen molar-refractivity contribution in [2.45, 2.75) is 31.2 Å². The van der Waals surface area contributed by atoms with E-state index in [-0.39, 0.29) is 17.5 Å². The molecule has 0 spiro atoms. The number of benzene rings is 3. The van der Waals surface area contributed by atoms with E-state index in [0.29, 0.717) is 24.2 Å². The summed E-state index contributed by atoms with van der Waals surface area (Å²) in [4.78, 5) is 15.1. The largest absolute Gasteiger partial charge is 0.493 e. The van der Waals surface area contributed by atoms with Gasteiger partial charge in [-0.15, -0.1) is 0 Å². The van der Waals surface area contributed by atoms with Crippen LogP contribution in [0.15, 0.2) is 72.8 Å². The highest BCUT2D eigenvalue weighted by atomic mass is 32.2. The number of amides is 1. The molecule has 1 amide bonds. The molecule has 0 unspecified atom stereocenters. The Labute approximate surface area is 222 Å². The first kappa shape index (κ1) is 24.5. The molecule has 37 heavy (non-hydrogen) atoms. The van der Waals surface area contributed by atoms with Crippen LogP contribution in [0.4, 0.5) is 4.39 Å². The van der Waals surface area contributed by atoms with Crippen LogP contribution in [-0.4, -0.2) is 47.9 Å². The molecule has 6 rings (SSSR count). The first-order valence-electron chi connectivity index (χ1n) is 13.2. The SMILES string of the molecule is O=C(NSN1CCC1)c1cc(C2CC2)c(OCC2CN(C(c3ccccc3)c3ccccc3)C2)cc1F. The van der Waals surface area contributed by atoms with Gasteiger partial charge in [0.15, 0.2) is 0 Å². The predicted molar refractivity (Wildman–Crippen MR) is 145 cm³/mol. The maximum atomic E-state index is 15.0. The molecular formula is C30H32FN3O2S. The van der Waals surface area contributed by atoms with E-state index in [4.69, 9.17) is 4.74 Å². The lowest BCUT2D eigenvalue weighted by molar-refractivity contribution is 0.0375. The van der Waals surface area contributed by atoms with Crippen LogP contribution in [0.2, 0.25) is 0 Å². The Bertz CT molecular complexity index is 1190. The third kappa shape index (κ3) is 5.54. The zero-order valence-corrected chi connectivity index (χ0v) is 21.6. The summed E-state index contributed by atoms with van der Waals surface area (Å²) in [5.74, 6) is 0.410. The number of hydrogen-bond donors (Lipinski definition) is 1. The van der Waals surface area contributed by atoms with Gasteiger partial charge in [0.1, 0.15) is 11.6 Å². The summed E-state index contributed by atoms with van der Waals surface area (Å²) in [7, 11) is 0. The molecule has 1 saturated carbocycles. The number of likely N-dealkylation sites (tertiary alicyclic amines) is 1. The van der Waals surface area contributed by atoms with E-state index >= 15 is 0 Å². The van der Waals surface area contributed by atoms with Gasteiger partial charge in [0, 0.05) is 50.3 Å². The lowest BCUT2D eigenvalue weighted by Gasteiger charge is -2.44. The fraction of sp³-hybridized carbons (Fsp3) is 0.367. The van der Waals surface area contributed by atoms with Gasteiger partial charge in [-0.2, -0.15) is 0 Å². The van der Waals surface area contributed by atoms with Gasteiger partial charge in [-0.1, -0.05) is 60.7 Å². The molecule has 7 heteroatoms. The highest BCUT2D eigenvalue weighted by Crippen LogP contribution is 2.45. The van der Waals surface area contributed by atoms with Gasteiger partial charge in [-0.25, -0.2) is 8.70 Å². The molecule has 2 saturated heterocycles. The first-order valence-corrected chi connectivity index (χ1v) is 14.0. The smallest absolute Gasteiger partial charge is 0.265 e. The number of nitrogens with one attached hydrogen (secondary N) is 1. The van der Waals surface area contributed by atoms with E-state index < -0.39 is 5.82 Å². The van der Waals surface area contributed by atoms with E-state index in [2.05, 4.69) is 74.6 Å². The number of nitrogens with zero attached hydrogens (tertiary/aromatic N) is 2. The number of carbonyl (C=O) groups is 1. The third-order valence-electron chi connectivity index (χ3n) is 7.50. The van der Waals surface area contributed by atoms with Crippen LogP contribution in [0.5, 0.6) is 5.75 Å². The Morgan fingerprint density at radius 1 is 1.00 bits per heavy atom. The van der Waals surface area contributed by atoms with Crippen molar-refractivity contribution in [3.8, 4) is 5.75 Å². The van der Waals surface area contributed by atoms with Crippen LogP contribution in [0.3, 0.4) is 0 Å². The molecule has 3 aliphatic rings. The molecule has 0 atom stereocenters. The van der Waals surface area contributed by atoms with E-state index in [1.54, 1.807) is 6.07 Å². The second-order valence-electron chi connectivity index (χ2n) is 10.3. The minimum absolute atomic E-state index is 0.102. The van der Waals surface area contributed by atoms with Crippen LogP contribution in [0.1, 0.15) is 58.3 Å². The Kier molecular flexibility index (Phi) is 7.18. The average Bonchev–Trinajstić information content (AvgIpc) is 3.71. The molecular weight excluding hydrogens is 485 g/mol. The van der Waals surface area contributed by atoms with Crippen molar-refractivity contribution in [1.82, 2.24) is 13.9 Å². The number of ether oxygens (including phenoxy) is 1. The monoisotopic (exact) mass is 517 g/mol. The highest BCUT2D eigenvalue weighted by Gasteiger charge is 2.35. The number of rotatable bonds is 10. The van der Waals surface area contributed by atoms with Crippen molar-refractivity contribution in [2.24, 2.45) is 5.92 Å². The Morgan fingerprint density at radius 3 is 2.22 bits per heavy atom. The van der Waals surface area contributed by atoms with Gasteiger partial charge in [-0.3, -0.25) is 14.4 Å². The number of hydrogen-bond acceptors (Lipinski definition) is 5. The quantitative estimate of drug-likeness (QED) is 0.344. The molecule has 0 bridgehead atoms. The van der Waals surface area contributed by atoms with E-state index in [0.717, 1.165) is 51.0 Å². The minimum atomic E-state index is -0.524. The molecule has 3 fully saturated rings. The van der Waals surface area contributed by atoms with E-state index in [1.807, 2.05) is 0 Å². The van der Waals surface area contributed by atoms with Crippen LogP contribution in [0.25, 0.3) is 0 Å². The van der Waals surface area contributed by atoms with E-state index in [9.17, 15) is 9.18 Å². The molecule has 0 aromatic heterocycles. The zero-order chi connectivity index (χ0) is 25.2. The van der Waals surface area contributed by atoms with Gasteiger partial charge < -0.3 is 4.74 Å². The minimum Gasteiger partial charge on any atom is -0.493 e. The van der Waals surface area contributed by atoms with Crippen LogP contribution in [0, 0.1) is 11.7 Å². The molecule has 192 valence electrons. The summed E-state index contributed by atoms with van der Waals surface area (Å²) < 4.78 is 26.0. The molecule has 1 aliphatic carbocycles. The van der Waals surface area contributed by atoms with Crippen molar-refractivity contribution in [3.05, 3.63) is 101 Å². The van der Waals surface area contributed by atoms with Crippen LogP contribution in [-0.2, 0) is 0 Å². The van der Waals surface area contributed by atoms with Gasteiger partial charge in [-0.05, 0) is 47.9 Å². The van der Waals surface area contributed by atoms with Crippen molar-refractivity contribution in [1.29, 1.82) is 0 Å². The second-order valence-corrected chi connectivity index (χ2v) is 11.2. The Balaban J connectivity index is 1.10. The molecule has 2 heterocycles. The van der Waals surface area contributed by atoms with Gasteiger partial charge >= 0.3 is 0 Å². The van der Waals surface area contributed by atoms with Crippen LogP contribution < -0.4 is 9.46 Å². The Morgan fingerprint density at radius 2 is 1.65 bits per heavy atom. The van der Waals surface area contributed by atoms with Crippen molar-refractivity contribution in [2.75, 3.05) is 32.8 Å². The average molecular weight is 518 g/mol.